The summed E-state index contributed by atoms with van der Waals surface area (Å²) in [6.45, 7) is 1.74. The molecule has 1 unspecified atom stereocenters. The lowest BCUT2D eigenvalue weighted by Crippen LogP contribution is -2.51. The standard InChI is InChI=1S/C23H26F3N3O3S/c24-23(25,26)18-8-4-5-9-19(18)27-21(31)14-28-10-12-29(13-11-28)22(32)16-33-15-20(30)17-6-2-1-3-7-17/h1-9,20,30H,10-16H2,(H,27,31). The summed E-state index contributed by atoms with van der Waals surface area (Å²) in [5.74, 6) is 0.0915. The van der Waals surface area contributed by atoms with Crippen molar-refractivity contribution in [3.8, 4) is 0 Å². The van der Waals surface area contributed by atoms with Crippen LogP contribution in [0.15, 0.2) is 54.6 Å². The molecule has 0 saturated carbocycles. The Bertz CT molecular complexity index is 935. The molecule has 1 aliphatic heterocycles. The number of amides is 2. The number of hydrogen-bond acceptors (Lipinski definition) is 5. The zero-order chi connectivity index (χ0) is 23.8. The highest BCUT2D eigenvalue weighted by Crippen LogP contribution is 2.34. The Morgan fingerprint density at radius 3 is 2.30 bits per heavy atom. The first-order chi connectivity index (χ1) is 15.7. The number of anilines is 1. The number of carbonyl (C=O) groups is 2. The second kappa shape index (κ2) is 11.5. The molecule has 2 aromatic rings. The van der Waals surface area contributed by atoms with Crippen LogP contribution in [0.3, 0.4) is 0 Å². The summed E-state index contributed by atoms with van der Waals surface area (Å²) in [4.78, 5) is 28.2. The molecule has 1 aliphatic rings. The summed E-state index contributed by atoms with van der Waals surface area (Å²) in [5.41, 5.74) is -0.343. The average Bonchev–Trinajstić information content (AvgIpc) is 2.79. The van der Waals surface area contributed by atoms with Crippen LogP contribution in [0.25, 0.3) is 0 Å². The summed E-state index contributed by atoms with van der Waals surface area (Å²) in [7, 11) is 0. The van der Waals surface area contributed by atoms with Crippen molar-refractivity contribution >= 4 is 29.3 Å². The van der Waals surface area contributed by atoms with E-state index >= 15 is 0 Å². The monoisotopic (exact) mass is 481 g/mol. The van der Waals surface area contributed by atoms with Gasteiger partial charge in [-0.25, -0.2) is 0 Å². The van der Waals surface area contributed by atoms with E-state index in [9.17, 15) is 27.9 Å². The normalized spacial score (nSPS) is 15.8. The maximum atomic E-state index is 13.1. The zero-order valence-corrected chi connectivity index (χ0v) is 18.7. The van der Waals surface area contributed by atoms with Crippen LogP contribution >= 0.6 is 11.8 Å². The van der Waals surface area contributed by atoms with E-state index < -0.39 is 23.8 Å². The quantitative estimate of drug-likeness (QED) is 0.606. The van der Waals surface area contributed by atoms with Crippen LogP contribution in [0.4, 0.5) is 18.9 Å². The lowest BCUT2D eigenvalue weighted by atomic mass is 10.1. The number of hydrogen-bond donors (Lipinski definition) is 2. The predicted octanol–water partition coefficient (Wildman–Crippen LogP) is 3.25. The van der Waals surface area contributed by atoms with E-state index in [4.69, 9.17) is 0 Å². The number of rotatable bonds is 8. The van der Waals surface area contributed by atoms with Gasteiger partial charge in [0, 0.05) is 31.9 Å². The van der Waals surface area contributed by atoms with E-state index in [1.54, 1.807) is 4.90 Å². The number of nitrogens with one attached hydrogen (secondary N) is 1. The highest BCUT2D eigenvalue weighted by molar-refractivity contribution is 7.99. The van der Waals surface area contributed by atoms with Gasteiger partial charge in [0.1, 0.15) is 0 Å². The summed E-state index contributed by atoms with van der Waals surface area (Å²) in [6, 6.07) is 14.1. The zero-order valence-electron chi connectivity index (χ0n) is 17.9. The van der Waals surface area contributed by atoms with Crippen molar-refractivity contribution in [1.82, 2.24) is 9.80 Å². The van der Waals surface area contributed by atoms with Gasteiger partial charge < -0.3 is 15.3 Å². The van der Waals surface area contributed by atoms with Gasteiger partial charge in [0.15, 0.2) is 0 Å². The van der Waals surface area contributed by atoms with E-state index in [0.29, 0.717) is 31.9 Å². The van der Waals surface area contributed by atoms with Crippen LogP contribution in [0, 0.1) is 0 Å². The van der Waals surface area contributed by atoms with Gasteiger partial charge in [0.05, 0.1) is 29.7 Å². The van der Waals surface area contributed by atoms with Crippen molar-refractivity contribution in [3.05, 3.63) is 65.7 Å². The Morgan fingerprint density at radius 1 is 1.00 bits per heavy atom. The maximum absolute atomic E-state index is 13.1. The Balaban J connectivity index is 1.39. The Morgan fingerprint density at radius 2 is 1.64 bits per heavy atom. The average molecular weight is 482 g/mol. The molecular weight excluding hydrogens is 455 g/mol. The molecule has 6 nitrogen and oxygen atoms in total. The molecule has 33 heavy (non-hydrogen) atoms. The first-order valence-electron chi connectivity index (χ1n) is 10.5. The second-order valence-electron chi connectivity index (χ2n) is 7.69. The number of piperazine rings is 1. The molecule has 2 aromatic carbocycles. The van der Waals surface area contributed by atoms with E-state index in [0.717, 1.165) is 11.6 Å². The number of halogens is 3. The Labute approximate surface area is 194 Å². The molecule has 1 atom stereocenters. The Kier molecular flexibility index (Phi) is 8.76. The minimum absolute atomic E-state index is 0.0385. The number of benzene rings is 2. The first kappa shape index (κ1) is 25.1. The number of aliphatic hydroxyl groups is 1. The second-order valence-corrected chi connectivity index (χ2v) is 8.72. The summed E-state index contributed by atoms with van der Waals surface area (Å²) >= 11 is 1.36. The molecule has 3 rings (SSSR count). The van der Waals surface area contributed by atoms with E-state index in [1.807, 2.05) is 35.2 Å². The first-order valence-corrected chi connectivity index (χ1v) is 11.7. The van der Waals surface area contributed by atoms with E-state index in [-0.39, 0.29) is 23.9 Å². The smallest absolute Gasteiger partial charge is 0.388 e. The molecule has 0 radical (unpaired) electrons. The molecule has 2 amide bonds. The van der Waals surface area contributed by atoms with Gasteiger partial charge in [0.25, 0.3) is 0 Å². The van der Waals surface area contributed by atoms with Crippen LogP contribution in [-0.2, 0) is 15.8 Å². The summed E-state index contributed by atoms with van der Waals surface area (Å²) in [5, 5.41) is 12.5. The fourth-order valence-corrected chi connectivity index (χ4v) is 4.40. The third-order valence-electron chi connectivity index (χ3n) is 5.28. The van der Waals surface area contributed by atoms with Crippen molar-refractivity contribution in [1.29, 1.82) is 0 Å². The number of aliphatic hydroxyl groups excluding tert-OH is 1. The van der Waals surface area contributed by atoms with Crippen molar-refractivity contribution < 1.29 is 27.9 Å². The molecule has 0 aromatic heterocycles. The van der Waals surface area contributed by atoms with Crippen LogP contribution in [0.1, 0.15) is 17.2 Å². The summed E-state index contributed by atoms with van der Waals surface area (Å²) in [6.07, 6.45) is -5.19. The van der Waals surface area contributed by atoms with Gasteiger partial charge in [0.2, 0.25) is 11.8 Å². The molecule has 2 N–H and O–H groups in total. The van der Waals surface area contributed by atoms with Gasteiger partial charge in [-0.15, -0.1) is 11.8 Å². The molecule has 0 bridgehead atoms. The third-order valence-corrected chi connectivity index (χ3v) is 6.29. The van der Waals surface area contributed by atoms with Gasteiger partial charge in [-0.05, 0) is 17.7 Å². The maximum Gasteiger partial charge on any atom is 0.418 e. The van der Waals surface area contributed by atoms with E-state index in [1.165, 1.54) is 30.0 Å². The molecule has 1 fully saturated rings. The molecule has 1 saturated heterocycles. The number of nitrogens with zero attached hydrogens (tertiary/aromatic N) is 2. The topological polar surface area (TPSA) is 72.9 Å². The van der Waals surface area contributed by atoms with Gasteiger partial charge >= 0.3 is 6.18 Å². The number of thioether (sulfide) groups is 1. The van der Waals surface area contributed by atoms with Crippen LogP contribution in [0.5, 0.6) is 0 Å². The lowest BCUT2D eigenvalue weighted by Gasteiger charge is -2.34. The van der Waals surface area contributed by atoms with E-state index in [2.05, 4.69) is 5.32 Å². The number of para-hydroxylation sites is 1. The molecule has 0 spiro atoms. The molecule has 1 heterocycles. The highest BCUT2D eigenvalue weighted by Gasteiger charge is 2.33. The third kappa shape index (κ3) is 7.48. The van der Waals surface area contributed by atoms with Crippen molar-refractivity contribution in [2.45, 2.75) is 12.3 Å². The molecular formula is C23H26F3N3O3S. The summed E-state index contributed by atoms with van der Waals surface area (Å²) < 4.78 is 39.2. The largest absolute Gasteiger partial charge is 0.418 e. The van der Waals surface area contributed by atoms with Gasteiger partial charge in [-0.1, -0.05) is 42.5 Å². The van der Waals surface area contributed by atoms with Crippen LogP contribution in [-0.4, -0.2) is 71.0 Å². The fraction of sp³-hybridized carbons (Fsp3) is 0.391. The van der Waals surface area contributed by atoms with Crippen molar-refractivity contribution in [2.24, 2.45) is 0 Å². The van der Waals surface area contributed by atoms with Gasteiger partial charge in [-0.2, -0.15) is 13.2 Å². The van der Waals surface area contributed by atoms with Crippen molar-refractivity contribution in [3.63, 3.8) is 0 Å². The fourth-order valence-electron chi connectivity index (χ4n) is 3.51. The highest BCUT2D eigenvalue weighted by atomic mass is 32.2. The van der Waals surface area contributed by atoms with Crippen LogP contribution in [0.2, 0.25) is 0 Å². The van der Waals surface area contributed by atoms with Crippen molar-refractivity contribution in [2.75, 3.05) is 49.5 Å². The van der Waals surface area contributed by atoms with Crippen LogP contribution < -0.4 is 5.32 Å². The Hall–Kier alpha value is -2.56. The number of carbonyl (C=O) groups excluding carboxylic acids is 2. The minimum atomic E-state index is -4.55. The lowest BCUT2D eigenvalue weighted by molar-refractivity contribution is -0.137. The number of alkyl halides is 3. The predicted molar refractivity (Wildman–Crippen MR) is 122 cm³/mol. The van der Waals surface area contributed by atoms with Gasteiger partial charge in [-0.3, -0.25) is 14.5 Å². The molecule has 0 aliphatic carbocycles. The minimum Gasteiger partial charge on any atom is -0.388 e. The SMILES string of the molecule is O=C(CN1CCN(C(=O)CSCC(O)c2ccccc2)CC1)Nc1ccccc1C(F)(F)F. The molecule has 178 valence electrons. The molecule has 10 heteroatoms.